The Labute approximate surface area is 204 Å². The Morgan fingerprint density at radius 1 is 1.17 bits per heavy atom. The zero-order valence-corrected chi connectivity index (χ0v) is 19.9. The molecule has 2 saturated heterocycles. The van der Waals surface area contributed by atoms with Gasteiger partial charge >= 0.3 is 0 Å². The number of carbonyl (C=O) groups is 1. The van der Waals surface area contributed by atoms with E-state index >= 15 is 0 Å². The van der Waals surface area contributed by atoms with Crippen molar-refractivity contribution in [2.45, 2.75) is 31.9 Å². The minimum Gasteiger partial charge on any atom is -0.495 e. The number of aryl methyl sites for hydroxylation is 1. The van der Waals surface area contributed by atoms with E-state index < -0.39 is 6.10 Å². The molecular formula is C27H29FN4O3. The molecule has 2 aliphatic heterocycles. The fourth-order valence-corrected chi connectivity index (χ4v) is 4.97. The second kappa shape index (κ2) is 9.54. The van der Waals surface area contributed by atoms with Gasteiger partial charge in [0.1, 0.15) is 11.6 Å². The van der Waals surface area contributed by atoms with Gasteiger partial charge in [0.2, 0.25) is 5.91 Å². The molecule has 0 bridgehead atoms. The lowest BCUT2D eigenvalue weighted by molar-refractivity contribution is -0.132. The maximum absolute atomic E-state index is 13.4. The maximum Gasteiger partial charge on any atom is 0.250 e. The zero-order valence-electron chi connectivity index (χ0n) is 19.9. The highest BCUT2D eigenvalue weighted by molar-refractivity contribution is 5.99. The number of methoxy groups -OCH3 is 1. The van der Waals surface area contributed by atoms with E-state index in [1.165, 1.54) is 12.1 Å². The molecule has 2 atom stereocenters. The van der Waals surface area contributed by atoms with Gasteiger partial charge in [0.15, 0.2) is 0 Å². The van der Waals surface area contributed by atoms with Gasteiger partial charge in [0.25, 0.3) is 0 Å². The second-order valence-electron chi connectivity index (χ2n) is 9.14. The molecule has 0 radical (unpaired) electrons. The van der Waals surface area contributed by atoms with E-state index in [0.717, 1.165) is 34.6 Å². The van der Waals surface area contributed by atoms with Crippen molar-refractivity contribution >= 4 is 17.7 Å². The molecule has 7 nitrogen and oxygen atoms in total. The van der Waals surface area contributed by atoms with Crippen molar-refractivity contribution in [2.24, 2.45) is 0 Å². The molecule has 182 valence electrons. The molecule has 3 aromatic rings. The Kier molecular flexibility index (Phi) is 6.30. The van der Waals surface area contributed by atoms with Gasteiger partial charge in [-0.25, -0.2) is 9.37 Å². The summed E-state index contributed by atoms with van der Waals surface area (Å²) in [7, 11) is 1.63. The van der Waals surface area contributed by atoms with Crippen LogP contribution in [0.25, 0.3) is 11.8 Å². The van der Waals surface area contributed by atoms with Crippen molar-refractivity contribution in [3.63, 3.8) is 0 Å². The van der Waals surface area contributed by atoms with Crippen LogP contribution in [0, 0.1) is 12.7 Å². The van der Waals surface area contributed by atoms with E-state index in [0.29, 0.717) is 31.8 Å². The fraction of sp³-hybridized carbons (Fsp3) is 0.333. The molecule has 0 aliphatic carbocycles. The van der Waals surface area contributed by atoms with Crippen LogP contribution in [-0.2, 0) is 4.79 Å². The van der Waals surface area contributed by atoms with Crippen molar-refractivity contribution < 1.29 is 19.0 Å². The van der Waals surface area contributed by atoms with Gasteiger partial charge < -0.3 is 24.2 Å². The third kappa shape index (κ3) is 4.66. The summed E-state index contributed by atoms with van der Waals surface area (Å²) in [5, 5.41) is 10.8. The number of piperidine rings is 1. The number of likely N-dealkylation sites (tertiary alicyclic amines) is 1. The molecule has 0 spiro atoms. The van der Waals surface area contributed by atoms with Gasteiger partial charge in [-0.3, -0.25) is 4.79 Å². The second-order valence-corrected chi connectivity index (χ2v) is 9.14. The molecule has 1 amide bonds. The smallest absolute Gasteiger partial charge is 0.250 e. The Morgan fingerprint density at radius 2 is 1.97 bits per heavy atom. The molecule has 0 unspecified atom stereocenters. The van der Waals surface area contributed by atoms with Gasteiger partial charge in [0.05, 0.1) is 37.0 Å². The molecule has 2 aliphatic rings. The van der Waals surface area contributed by atoms with Crippen molar-refractivity contribution in [2.75, 3.05) is 31.6 Å². The zero-order chi connectivity index (χ0) is 24.5. The van der Waals surface area contributed by atoms with Gasteiger partial charge in [-0.15, -0.1) is 0 Å². The molecule has 1 aromatic heterocycles. The van der Waals surface area contributed by atoms with Crippen LogP contribution in [0.3, 0.4) is 0 Å². The highest BCUT2D eigenvalue weighted by Crippen LogP contribution is 2.30. The minimum atomic E-state index is -0.665. The number of ether oxygens (including phenoxy) is 1. The number of anilines is 1. The minimum absolute atomic E-state index is 0.0467. The predicted molar refractivity (Wildman–Crippen MR) is 132 cm³/mol. The SMILES string of the molecule is COc1cc(C=C2CCCN([C@@H]3CN(c4ccc(F)cc4)C[C@H]3O)C2=O)ccc1-n1cnc(C)c1. The number of hydrogen-bond acceptors (Lipinski definition) is 5. The van der Waals surface area contributed by atoms with Crippen LogP contribution in [0.2, 0.25) is 0 Å². The van der Waals surface area contributed by atoms with Gasteiger partial charge in [0, 0.05) is 37.1 Å². The standard InChI is InChI=1S/C27H29FN4O3/c1-18-14-31(17-29-18)23-10-5-19(13-26(23)35-2)12-20-4-3-11-32(27(20)34)24-15-30(16-25(24)33)22-8-6-21(28)7-9-22/h5-10,12-14,17,24-25,33H,3-4,11,15-16H2,1-2H3/t24-,25-/m1/s1. The van der Waals surface area contributed by atoms with E-state index in [2.05, 4.69) is 4.98 Å². The molecule has 5 rings (SSSR count). The molecule has 2 aromatic carbocycles. The van der Waals surface area contributed by atoms with E-state index in [-0.39, 0.29) is 17.8 Å². The third-order valence-electron chi connectivity index (χ3n) is 6.77. The summed E-state index contributed by atoms with van der Waals surface area (Å²) in [6.45, 7) is 3.46. The molecular weight excluding hydrogens is 447 g/mol. The molecule has 2 fully saturated rings. The Morgan fingerprint density at radius 3 is 2.69 bits per heavy atom. The van der Waals surface area contributed by atoms with Crippen LogP contribution in [-0.4, -0.2) is 64.4 Å². The van der Waals surface area contributed by atoms with Crippen LogP contribution in [0.1, 0.15) is 24.1 Å². The lowest BCUT2D eigenvalue weighted by Gasteiger charge is -2.35. The number of rotatable bonds is 5. The first-order valence-electron chi connectivity index (χ1n) is 11.8. The number of imidazole rings is 1. The normalized spacial score (nSPS) is 21.7. The first kappa shape index (κ1) is 23.1. The molecule has 35 heavy (non-hydrogen) atoms. The Hall–Kier alpha value is -3.65. The number of nitrogens with zero attached hydrogens (tertiary/aromatic N) is 4. The van der Waals surface area contributed by atoms with E-state index in [1.807, 2.05) is 46.9 Å². The number of halogens is 1. The van der Waals surface area contributed by atoms with Crippen LogP contribution < -0.4 is 9.64 Å². The van der Waals surface area contributed by atoms with Crippen LogP contribution in [0.15, 0.2) is 60.6 Å². The highest BCUT2D eigenvalue weighted by atomic mass is 19.1. The van der Waals surface area contributed by atoms with Crippen molar-refractivity contribution in [3.05, 3.63) is 77.6 Å². The van der Waals surface area contributed by atoms with Gasteiger partial charge in [-0.1, -0.05) is 6.07 Å². The maximum atomic E-state index is 13.4. The summed E-state index contributed by atoms with van der Waals surface area (Å²) >= 11 is 0. The lowest BCUT2D eigenvalue weighted by atomic mass is 9.98. The van der Waals surface area contributed by atoms with E-state index in [4.69, 9.17) is 4.74 Å². The summed E-state index contributed by atoms with van der Waals surface area (Å²) in [6, 6.07) is 11.8. The Balaban J connectivity index is 1.35. The van der Waals surface area contributed by atoms with Crippen LogP contribution in [0.4, 0.5) is 10.1 Å². The summed E-state index contributed by atoms with van der Waals surface area (Å²) in [4.78, 5) is 21.5. The van der Waals surface area contributed by atoms with Gasteiger partial charge in [-0.2, -0.15) is 0 Å². The number of benzene rings is 2. The topological polar surface area (TPSA) is 70.8 Å². The van der Waals surface area contributed by atoms with Crippen LogP contribution >= 0.6 is 0 Å². The first-order chi connectivity index (χ1) is 16.9. The number of carbonyl (C=O) groups excluding carboxylic acids is 1. The molecule has 8 heteroatoms. The summed E-state index contributed by atoms with van der Waals surface area (Å²) in [6.07, 6.45) is 6.45. The summed E-state index contributed by atoms with van der Waals surface area (Å²) in [5.74, 6) is 0.350. The predicted octanol–water partition coefficient (Wildman–Crippen LogP) is 3.58. The monoisotopic (exact) mass is 476 g/mol. The average molecular weight is 477 g/mol. The van der Waals surface area contributed by atoms with Crippen LogP contribution in [0.5, 0.6) is 5.75 Å². The van der Waals surface area contributed by atoms with Crippen molar-refractivity contribution in [3.8, 4) is 11.4 Å². The highest BCUT2D eigenvalue weighted by Gasteiger charge is 2.39. The molecule has 0 saturated carbocycles. The summed E-state index contributed by atoms with van der Waals surface area (Å²) in [5.41, 5.74) is 4.23. The number of aliphatic hydroxyl groups is 1. The number of amides is 1. The summed E-state index contributed by atoms with van der Waals surface area (Å²) < 4.78 is 20.8. The van der Waals surface area contributed by atoms with Crippen molar-refractivity contribution in [1.82, 2.24) is 14.5 Å². The number of aromatic nitrogens is 2. The van der Waals surface area contributed by atoms with E-state index in [1.54, 1.807) is 30.5 Å². The number of β-amino-alcohol motifs (C(OH)–C–C–N with tert-alkyl or cyclic N) is 1. The average Bonchev–Trinajstić information content (AvgIpc) is 3.46. The van der Waals surface area contributed by atoms with Crippen molar-refractivity contribution in [1.29, 1.82) is 0 Å². The Bertz CT molecular complexity index is 1250. The first-order valence-corrected chi connectivity index (χ1v) is 11.8. The number of hydrogen-bond donors (Lipinski definition) is 1. The molecule has 3 heterocycles. The molecule has 1 N–H and O–H groups in total. The quantitative estimate of drug-likeness (QED) is 0.570. The largest absolute Gasteiger partial charge is 0.495 e. The van der Waals surface area contributed by atoms with Gasteiger partial charge in [-0.05, 0) is 67.8 Å². The third-order valence-corrected chi connectivity index (χ3v) is 6.77. The lowest BCUT2D eigenvalue weighted by Crippen LogP contribution is -2.49. The van der Waals surface area contributed by atoms with E-state index in [9.17, 15) is 14.3 Å². The number of aliphatic hydroxyl groups excluding tert-OH is 1. The fourth-order valence-electron chi connectivity index (χ4n) is 4.97.